The third-order valence-electron chi connectivity index (χ3n) is 2.13. The van der Waals surface area contributed by atoms with Crippen LogP contribution in [0.15, 0.2) is 12.1 Å². The zero-order valence-electron chi connectivity index (χ0n) is 9.47. The first kappa shape index (κ1) is 13.6. The number of aromatic hydroxyl groups is 2. The van der Waals surface area contributed by atoms with Crippen molar-refractivity contribution >= 4 is 0 Å². The summed E-state index contributed by atoms with van der Waals surface area (Å²) in [6.07, 6.45) is -4.69. The molecule has 0 bridgehead atoms. The van der Waals surface area contributed by atoms with Gasteiger partial charge in [0.25, 0.3) is 0 Å². The molecule has 0 aromatic heterocycles. The lowest BCUT2D eigenvalue weighted by Crippen LogP contribution is -2.34. The molecule has 0 amide bonds. The summed E-state index contributed by atoms with van der Waals surface area (Å²) >= 11 is 0. The second kappa shape index (κ2) is 4.10. The molecule has 1 rings (SSSR count). The van der Waals surface area contributed by atoms with Crippen molar-refractivity contribution in [2.24, 2.45) is 5.73 Å². The number of alkyl halides is 3. The first-order chi connectivity index (χ1) is 7.50. The van der Waals surface area contributed by atoms with E-state index in [-0.39, 0.29) is 12.0 Å². The summed E-state index contributed by atoms with van der Waals surface area (Å²) < 4.78 is 37.6. The van der Waals surface area contributed by atoms with Gasteiger partial charge in [-0.2, -0.15) is 13.2 Å². The van der Waals surface area contributed by atoms with Crippen LogP contribution in [0, 0.1) is 0 Å². The van der Waals surface area contributed by atoms with Crippen LogP contribution in [0.3, 0.4) is 0 Å². The molecule has 4 N–H and O–H groups in total. The first-order valence-electron chi connectivity index (χ1n) is 4.91. The van der Waals surface area contributed by atoms with Crippen LogP contribution in [-0.4, -0.2) is 15.8 Å². The zero-order chi connectivity index (χ0) is 13.4. The highest BCUT2D eigenvalue weighted by atomic mass is 19.4. The van der Waals surface area contributed by atoms with Gasteiger partial charge in [-0.3, -0.25) is 0 Å². The monoisotopic (exact) mass is 249 g/mol. The fourth-order valence-electron chi connectivity index (χ4n) is 1.52. The summed E-state index contributed by atoms with van der Waals surface area (Å²) in [5.41, 5.74) is 3.61. The molecule has 6 heteroatoms. The smallest absolute Gasteiger partial charge is 0.420 e. The molecule has 1 aromatic carbocycles. The quantitative estimate of drug-likeness (QED) is 0.705. The van der Waals surface area contributed by atoms with Crippen molar-refractivity contribution in [3.05, 3.63) is 23.3 Å². The van der Waals surface area contributed by atoms with E-state index < -0.39 is 28.8 Å². The minimum Gasteiger partial charge on any atom is -0.508 e. The molecule has 0 radical (unpaired) electrons. The van der Waals surface area contributed by atoms with Gasteiger partial charge in [-0.15, -0.1) is 0 Å². The van der Waals surface area contributed by atoms with Crippen LogP contribution in [0.2, 0.25) is 0 Å². The van der Waals surface area contributed by atoms with Crippen molar-refractivity contribution in [1.29, 1.82) is 0 Å². The lowest BCUT2D eigenvalue weighted by Gasteiger charge is -2.21. The van der Waals surface area contributed by atoms with Gasteiger partial charge in [-0.05, 0) is 38.0 Å². The Bertz CT molecular complexity index is 422. The molecule has 17 heavy (non-hydrogen) atoms. The molecule has 0 saturated heterocycles. The lowest BCUT2D eigenvalue weighted by molar-refractivity contribution is -0.139. The molecule has 0 spiro atoms. The molecule has 0 fully saturated rings. The number of nitrogens with two attached hydrogens (primary N) is 1. The van der Waals surface area contributed by atoms with Crippen LogP contribution < -0.4 is 5.73 Å². The number of rotatable bonds is 2. The molecular formula is C11H14F3NO2. The van der Waals surface area contributed by atoms with E-state index in [1.54, 1.807) is 13.8 Å². The van der Waals surface area contributed by atoms with Gasteiger partial charge in [0.15, 0.2) is 0 Å². The largest absolute Gasteiger partial charge is 0.508 e. The lowest BCUT2D eigenvalue weighted by atomic mass is 9.94. The number of halogens is 3. The van der Waals surface area contributed by atoms with Crippen molar-refractivity contribution in [2.45, 2.75) is 32.0 Å². The molecule has 0 aliphatic heterocycles. The Kier molecular flexibility index (Phi) is 3.29. The van der Waals surface area contributed by atoms with Crippen LogP contribution in [0.1, 0.15) is 25.0 Å². The predicted molar refractivity (Wildman–Crippen MR) is 56.7 cm³/mol. The van der Waals surface area contributed by atoms with Gasteiger partial charge >= 0.3 is 6.18 Å². The highest BCUT2D eigenvalue weighted by molar-refractivity contribution is 5.47. The molecule has 0 heterocycles. The van der Waals surface area contributed by atoms with Crippen LogP contribution in [-0.2, 0) is 12.6 Å². The Labute approximate surface area is 96.7 Å². The maximum atomic E-state index is 12.5. The van der Waals surface area contributed by atoms with E-state index in [4.69, 9.17) is 5.73 Å². The highest BCUT2D eigenvalue weighted by Crippen LogP contribution is 2.40. The van der Waals surface area contributed by atoms with Crippen LogP contribution in [0.25, 0.3) is 0 Å². The van der Waals surface area contributed by atoms with Gasteiger partial charge in [0.1, 0.15) is 17.1 Å². The van der Waals surface area contributed by atoms with Crippen molar-refractivity contribution in [3.8, 4) is 11.5 Å². The Morgan fingerprint density at radius 1 is 1.18 bits per heavy atom. The molecule has 3 nitrogen and oxygen atoms in total. The zero-order valence-corrected chi connectivity index (χ0v) is 9.47. The Morgan fingerprint density at radius 2 is 1.71 bits per heavy atom. The molecule has 0 aliphatic rings. The number of phenolic OH excluding ortho intramolecular Hbond substituents is 2. The van der Waals surface area contributed by atoms with E-state index in [1.807, 2.05) is 0 Å². The average molecular weight is 249 g/mol. The minimum absolute atomic E-state index is 0.0233. The van der Waals surface area contributed by atoms with Gasteiger partial charge in [-0.1, -0.05) is 0 Å². The molecule has 96 valence electrons. The van der Waals surface area contributed by atoms with E-state index in [2.05, 4.69) is 0 Å². The van der Waals surface area contributed by atoms with E-state index in [1.165, 1.54) is 0 Å². The second-order valence-electron chi connectivity index (χ2n) is 4.66. The maximum absolute atomic E-state index is 12.5. The fraction of sp³-hybridized carbons (Fsp3) is 0.455. The van der Waals surface area contributed by atoms with Crippen LogP contribution >= 0.6 is 0 Å². The summed E-state index contributed by atoms with van der Waals surface area (Å²) in [6, 6.07) is 1.57. The van der Waals surface area contributed by atoms with E-state index in [0.717, 1.165) is 6.07 Å². The predicted octanol–water partition coefficient (Wildman–Crippen LogP) is 2.40. The third-order valence-corrected chi connectivity index (χ3v) is 2.13. The normalized spacial score (nSPS) is 12.8. The number of hydrogen-bond donors (Lipinski definition) is 3. The number of hydrogen-bond acceptors (Lipinski definition) is 3. The molecule has 0 atom stereocenters. The van der Waals surface area contributed by atoms with E-state index in [0.29, 0.717) is 6.07 Å². The van der Waals surface area contributed by atoms with Crippen LogP contribution in [0.5, 0.6) is 11.5 Å². The fourth-order valence-corrected chi connectivity index (χ4v) is 1.52. The van der Waals surface area contributed by atoms with Gasteiger partial charge in [0.05, 0.1) is 0 Å². The first-order valence-corrected chi connectivity index (χ1v) is 4.91. The van der Waals surface area contributed by atoms with Gasteiger partial charge in [-0.25, -0.2) is 0 Å². The molecule has 1 aromatic rings. The molecule has 0 aliphatic carbocycles. The summed E-state index contributed by atoms with van der Waals surface area (Å²) in [5.74, 6) is -1.43. The summed E-state index contributed by atoms with van der Waals surface area (Å²) in [7, 11) is 0. The van der Waals surface area contributed by atoms with Crippen molar-refractivity contribution in [1.82, 2.24) is 0 Å². The molecule has 0 saturated carbocycles. The van der Waals surface area contributed by atoms with Crippen molar-refractivity contribution < 1.29 is 23.4 Å². The average Bonchev–Trinajstić information content (AvgIpc) is 2.06. The summed E-state index contributed by atoms with van der Waals surface area (Å²) in [5, 5.41) is 18.8. The van der Waals surface area contributed by atoms with Gasteiger partial charge < -0.3 is 15.9 Å². The summed E-state index contributed by atoms with van der Waals surface area (Å²) in [6.45, 7) is 3.23. The van der Waals surface area contributed by atoms with E-state index in [9.17, 15) is 23.4 Å². The maximum Gasteiger partial charge on any atom is 0.420 e. The van der Waals surface area contributed by atoms with Crippen molar-refractivity contribution in [2.75, 3.05) is 0 Å². The molecular weight excluding hydrogens is 235 g/mol. The van der Waals surface area contributed by atoms with Crippen LogP contribution in [0.4, 0.5) is 13.2 Å². The topological polar surface area (TPSA) is 66.5 Å². The Hall–Kier alpha value is -1.43. The Morgan fingerprint density at radius 3 is 2.12 bits per heavy atom. The number of phenols is 2. The third kappa shape index (κ3) is 3.52. The standard InChI is InChI=1S/C11H14F3NO2/c1-10(2,15)5-6-3-7(16)4-8(9(6)17)11(12,13)14/h3-4,16-17H,5,15H2,1-2H3. The summed E-state index contributed by atoms with van der Waals surface area (Å²) in [4.78, 5) is 0. The second-order valence-corrected chi connectivity index (χ2v) is 4.66. The van der Waals surface area contributed by atoms with E-state index >= 15 is 0 Å². The van der Waals surface area contributed by atoms with Crippen molar-refractivity contribution in [3.63, 3.8) is 0 Å². The number of benzene rings is 1. The van der Waals surface area contributed by atoms with Gasteiger partial charge in [0, 0.05) is 5.54 Å². The van der Waals surface area contributed by atoms with Gasteiger partial charge in [0.2, 0.25) is 0 Å². The highest BCUT2D eigenvalue weighted by Gasteiger charge is 2.35. The molecule has 0 unspecified atom stereocenters. The SMILES string of the molecule is CC(C)(N)Cc1cc(O)cc(C(F)(F)F)c1O. The minimum atomic E-state index is -4.71. The Balaban J connectivity index is 3.29.